The number of sulfonamides is 1. The number of piperidine rings is 1. The highest BCUT2D eigenvalue weighted by Gasteiger charge is 2.25. The average molecular weight is 538 g/mol. The molecule has 0 atom stereocenters. The first kappa shape index (κ1) is 24.8. The van der Waals surface area contributed by atoms with Gasteiger partial charge in [-0.2, -0.15) is 14.6 Å². The van der Waals surface area contributed by atoms with Crippen molar-refractivity contribution in [2.75, 3.05) is 25.0 Å². The van der Waals surface area contributed by atoms with Crippen LogP contribution in [0.1, 0.15) is 37.7 Å². The number of nitrogens with zero attached hydrogens (tertiary/aromatic N) is 5. The molecule has 13 heteroatoms. The van der Waals surface area contributed by atoms with E-state index in [1.165, 1.54) is 0 Å². The number of anilines is 2. The molecule has 0 unspecified atom stereocenters. The van der Waals surface area contributed by atoms with Crippen molar-refractivity contribution in [1.29, 1.82) is 0 Å². The van der Waals surface area contributed by atoms with Crippen molar-refractivity contribution in [1.82, 2.24) is 39.8 Å². The number of aromatic nitrogens is 6. The quantitative estimate of drug-likeness (QED) is 0.253. The highest BCUT2D eigenvalue weighted by atomic mass is 32.2. The zero-order valence-electron chi connectivity index (χ0n) is 21.1. The third-order valence-electron chi connectivity index (χ3n) is 7.23. The molecular formula is C25H31N9O3S. The topological polar surface area (TPSA) is 151 Å². The Kier molecular flexibility index (Phi) is 6.72. The van der Waals surface area contributed by atoms with Crippen LogP contribution in [0, 0.1) is 12.8 Å². The minimum atomic E-state index is -3.60. The number of aryl methyl sites for hydroxylation is 1. The van der Waals surface area contributed by atoms with Crippen LogP contribution < -0.4 is 20.1 Å². The second-order valence-electron chi connectivity index (χ2n) is 9.93. The Morgan fingerprint density at radius 2 is 2.03 bits per heavy atom. The Morgan fingerprint density at radius 3 is 2.74 bits per heavy atom. The maximum Gasteiger partial charge on any atom is 0.247 e. The molecule has 1 saturated heterocycles. The number of aromatic amines is 1. The molecule has 0 radical (unpaired) electrons. The van der Waals surface area contributed by atoms with Gasteiger partial charge >= 0.3 is 0 Å². The van der Waals surface area contributed by atoms with Crippen molar-refractivity contribution < 1.29 is 13.2 Å². The SMILES string of the molecule is Cc1cc(S(=O)(=O)NCC2CCNCC2)ccc1Nc1nc2c(OC3CCC3)c(-c3cn[nH]c3)ncn2n1. The maximum atomic E-state index is 12.9. The fraction of sp³-hybridized carbons (Fsp3) is 0.440. The minimum absolute atomic E-state index is 0.127. The van der Waals surface area contributed by atoms with Gasteiger partial charge in [-0.05, 0) is 81.8 Å². The largest absolute Gasteiger partial charge is 0.484 e. The highest BCUT2D eigenvalue weighted by Crippen LogP contribution is 2.35. The molecule has 200 valence electrons. The molecule has 12 nitrogen and oxygen atoms in total. The van der Waals surface area contributed by atoms with Crippen LogP contribution in [-0.2, 0) is 10.0 Å². The van der Waals surface area contributed by atoms with Crippen molar-refractivity contribution in [2.24, 2.45) is 5.92 Å². The van der Waals surface area contributed by atoms with Crippen LogP contribution >= 0.6 is 0 Å². The number of rotatable bonds is 9. The summed E-state index contributed by atoms with van der Waals surface area (Å²) in [7, 11) is -3.60. The lowest BCUT2D eigenvalue weighted by molar-refractivity contribution is 0.121. The molecule has 1 aromatic carbocycles. The van der Waals surface area contributed by atoms with Crippen LogP contribution in [-0.4, -0.2) is 63.9 Å². The molecule has 1 aliphatic heterocycles. The van der Waals surface area contributed by atoms with Crippen molar-refractivity contribution >= 4 is 27.3 Å². The predicted octanol–water partition coefficient (Wildman–Crippen LogP) is 2.78. The van der Waals surface area contributed by atoms with Gasteiger partial charge in [-0.3, -0.25) is 5.10 Å². The number of benzene rings is 1. The van der Waals surface area contributed by atoms with E-state index in [4.69, 9.17) is 9.72 Å². The van der Waals surface area contributed by atoms with Gasteiger partial charge in [-0.25, -0.2) is 18.1 Å². The molecule has 0 amide bonds. The van der Waals surface area contributed by atoms with Crippen LogP contribution in [0.15, 0.2) is 41.8 Å². The van der Waals surface area contributed by atoms with E-state index in [0.717, 1.165) is 56.3 Å². The summed E-state index contributed by atoms with van der Waals surface area (Å²) in [4.78, 5) is 9.49. The molecule has 4 aromatic rings. The first-order valence-electron chi connectivity index (χ1n) is 13.0. The van der Waals surface area contributed by atoms with E-state index in [9.17, 15) is 8.42 Å². The molecule has 0 bridgehead atoms. The summed E-state index contributed by atoms with van der Waals surface area (Å²) in [5, 5.41) is 17.9. The molecule has 1 saturated carbocycles. The lowest BCUT2D eigenvalue weighted by atomic mass is 9.96. The number of hydrogen-bond donors (Lipinski definition) is 4. The Hall–Kier alpha value is -3.55. The molecule has 6 rings (SSSR count). The normalized spacial score (nSPS) is 17.0. The number of fused-ring (bicyclic) bond motifs is 1. The van der Waals surface area contributed by atoms with Gasteiger partial charge < -0.3 is 15.4 Å². The fourth-order valence-corrected chi connectivity index (χ4v) is 5.90. The minimum Gasteiger partial charge on any atom is -0.484 e. The Balaban J connectivity index is 1.23. The number of H-pyrrole nitrogens is 1. The standard InChI is InChI=1S/C25H31N9O3S/c1-16-11-20(38(35,36)30-12-17-7-9-26-10-8-17)5-6-21(16)31-25-32-24-23(37-19-3-2-4-19)22(18-13-28-29-14-18)27-15-34(24)33-25/h5-6,11,13-15,17,19,26,30H,2-4,7-10,12H2,1H3,(H,28,29)(H,31,33). The molecule has 4 heterocycles. The van der Waals surface area contributed by atoms with E-state index in [1.807, 2.05) is 6.92 Å². The van der Waals surface area contributed by atoms with Gasteiger partial charge in [0.05, 0.1) is 17.2 Å². The van der Waals surface area contributed by atoms with Crippen LogP contribution in [0.3, 0.4) is 0 Å². The van der Waals surface area contributed by atoms with E-state index < -0.39 is 10.0 Å². The zero-order valence-corrected chi connectivity index (χ0v) is 22.0. The Bertz CT molecular complexity index is 1530. The molecule has 2 fully saturated rings. The third kappa shape index (κ3) is 5.08. The maximum absolute atomic E-state index is 12.9. The van der Waals surface area contributed by atoms with E-state index in [1.54, 1.807) is 41.4 Å². The van der Waals surface area contributed by atoms with Gasteiger partial charge in [0.2, 0.25) is 21.6 Å². The fourth-order valence-electron chi connectivity index (χ4n) is 4.70. The first-order valence-corrected chi connectivity index (χ1v) is 14.4. The molecular weight excluding hydrogens is 506 g/mol. The van der Waals surface area contributed by atoms with Crippen molar-refractivity contribution in [3.8, 4) is 17.0 Å². The summed E-state index contributed by atoms with van der Waals surface area (Å²) in [6.45, 7) is 4.16. The first-order chi connectivity index (χ1) is 18.5. The van der Waals surface area contributed by atoms with Crippen LogP contribution in [0.4, 0.5) is 11.6 Å². The van der Waals surface area contributed by atoms with Gasteiger partial charge in [0.25, 0.3) is 0 Å². The summed E-state index contributed by atoms with van der Waals surface area (Å²) in [5.74, 6) is 1.28. The summed E-state index contributed by atoms with van der Waals surface area (Å²) >= 11 is 0. The summed E-state index contributed by atoms with van der Waals surface area (Å²) in [6, 6.07) is 4.99. The lowest BCUT2D eigenvalue weighted by Gasteiger charge is -2.27. The van der Waals surface area contributed by atoms with Crippen molar-refractivity contribution in [2.45, 2.75) is 50.0 Å². The van der Waals surface area contributed by atoms with E-state index >= 15 is 0 Å². The van der Waals surface area contributed by atoms with Gasteiger partial charge in [0, 0.05) is 24.0 Å². The predicted molar refractivity (Wildman–Crippen MR) is 142 cm³/mol. The molecule has 4 N–H and O–H groups in total. The zero-order chi connectivity index (χ0) is 26.1. The summed E-state index contributed by atoms with van der Waals surface area (Å²) in [5.41, 5.74) is 3.48. The van der Waals surface area contributed by atoms with Crippen molar-refractivity contribution in [3.05, 3.63) is 42.5 Å². The van der Waals surface area contributed by atoms with Crippen molar-refractivity contribution in [3.63, 3.8) is 0 Å². The molecule has 38 heavy (non-hydrogen) atoms. The van der Waals surface area contributed by atoms with Crippen LogP contribution in [0.25, 0.3) is 16.9 Å². The monoisotopic (exact) mass is 537 g/mol. The van der Waals surface area contributed by atoms with Gasteiger partial charge in [0.1, 0.15) is 12.0 Å². The molecule has 1 aliphatic carbocycles. The third-order valence-corrected chi connectivity index (χ3v) is 8.65. The molecule has 2 aliphatic rings. The summed E-state index contributed by atoms with van der Waals surface area (Å²) in [6.07, 6.45) is 10.3. The smallest absolute Gasteiger partial charge is 0.247 e. The van der Waals surface area contributed by atoms with E-state index in [-0.39, 0.29) is 11.0 Å². The number of ether oxygens (including phenoxy) is 1. The van der Waals surface area contributed by atoms with E-state index in [0.29, 0.717) is 41.2 Å². The average Bonchev–Trinajstić information content (AvgIpc) is 3.57. The van der Waals surface area contributed by atoms with Gasteiger partial charge in [0.15, 0.2) is 5.75 Å². The second kappa shape index (κ2) is 10.3. The Labute approximate surface area is 220 Å². The van der Waals surface area contributed by atoms with Crippen LogP contribution in [0.2, 0.25) is 0 Å². The molecule has 0 spiro atoms. The van der Waals surface area contributed by atoms with Gasteiger partial charge in [-0.1, -0.05) is 0 Å². The number of hydrogen-bond acceptors (Lipinski definition) is 9. The lowest BCUT2D eigenvalue weighted by Crippen LogP contribution is -2.36. The summed E-state index contributed by atoms with van der Waals surface area (Å²) < 4.78 is 36.4. The highest BCUT2D eigenvalue weighted by molar-refractivity contribution is 7.89. The van der Waals surface area contributed by atoms with E-state index in [2.05, 4.69) is 35.6 Å². The van der Waals surface area contributed by atoms with Crippen LogP contribution in [0.5, 0.6) is 5.75 Å². The van der Waals surface area contributed by atoms with Gasteiger partial charge in [-0.15, -0.1) is 5.10 Å². The molecule has 3 aromatic heterocycles. The Morgan fingerprint density at radius 1 is 1.18 bits per heavy atom. The number of nitrogens with one attached hydrogen (secondary N) is 4. The second-order valence-corrected chi connectivity index (χ2v) is 11.7.